The first-order valence-corrected chi connectivity index (χ1v) is 9.22. The van der Waals surface area contributed by atoms with E-state index in [1.807, 2.05) is 18.4 Å². The zero-order valence-electron chi connectivity index (χ0n) is 14.9. The molecule has 2 aromatic carbocycles. The summed E-state index contributed by atoms with van der Waals surface area (Å²) < 4.78 is 18.0. The lowest BCUT2D eigenvalue weighted by molar-refractivity contribution is -0.136. The Morgan fingerprint density at radius 3 is 2.59 bits per heavy atom. The van der Waals surface area contributed by atoms with Gasteiger partial charge in [0.05, 0.1) is 17.8 Å². The SMILES string of the molecule is CSc1ccccc1NC(=O)CN(C)C(=O)COC(=O)c1cccc(F)c1. The summed E-state index contributed by atoms with van der Waals surface area (Å²) in [5.41, 5.74) is 0.672. The average molecular weight is 390 g/mol. The monoisotopic (exact) mass is 390 g/mol. The number of benzene rings is 2. The summed E-state index contributed by atoms with van der Waals surface area (Å²) in [5.74, 6) is -2.30. The highest BCUT2D eigenvalue weighted by Gasteiger charge is 2.17. The summed E-state index contributed by atoms with van der Waals surface area (Å²) in [6, 6.07) is 12.3. The molecule has 6 nitrogen and oxygen atoms in total. The van der Waals surface area contributed by atoms with Crippen molar-refractivity contribution >= 4 is 35.2 Å². The largest absolute Gasteiger partial charge is 0.452 e. The van der Waals surface area contributed by atoms with E-state index in [2.05, 4.69) is 5.32 Å². The number of thioether (sulfide) groups is 1. The van der Waals surface area contributed by atoms with Crippen molar-refractivity contribution in [2.75, 3.05) is 31.8 Å². The summed E-state index contributed by atoms with van der Waals surface area (Å²) in [7, 11) is 1.43. The van der Waals surface area contributed by atoms with Gasteiger partial charge < -0.3 is 15.0 Å². The molecule has 1 N–H and O–H groups in total. The summed E-state index contributed by atoms with van der Waals surface area (Å²) in [4.78, 5) is 38.0. The van der Waals surface area contributed by atoms with Gasteiger partial charge in [0.1, 0.15) is 5.82 Å². The molecule has 8 heteroatoms. The summed E-state index contributed by atoms with van der Waals surface area (Å²) in [6.45, 7) is -0.737. The maximum atomic E-state index is 13.1. The van der Waals surface area contributed by atoms with E-state index < -0.39 is 24.3 Å². The third kappa shape index (κ3) is 6.10. The molecule has 0 aromatic heterocycles. The quantitative estimate of drug-likeness (QED) is 0.581. The number of esters is 1. The molecule has 0 heterocycles. The zero-order chi connectivity index (χ0) is 19.8. The molecule has 2 rings (SSSR count). The van der Waals surface area contributed by atoms with E-state index in [9.17, 15) is 18.8 Å². The molecule has 0 bridgehead atoms. The van der Waals surface area contributed by atoms with Crippen LogP contribution in [0.3, 0.4) is 0 Å². The number of ether oxygens (including phenoxy) is 1. The number of para-hydroxylation sites is 1. The molecule has 27 heavy (non-hydrogen) atoms. The van der Waals surface area contributed by atoms with Gasteiger partial charge in [-0.2, -0.15) is 0 Å². The molecule has 0 saturated carbocycles. The van der Waals surface area contributed by atoms with Crippen molar-refractivity contribution in [1.29, 1.82) is 0 Å². The molecule has 0 aliphatic carbocycles. The molecule has 0 aliphatic heterocycles. The number of amides is 2. The van der Waals surface area contributed by atoms with Crippen molar-refractivity contribution in [2.45, 2.75) is 4.90 Å². The maximum absolute atomic E-state index is 13.1. The van der Waals surface area contributed by atoms with Crippen LogP contribution in [0.1, 0.15) is 10.4 Å². The molecule has 0 saturated heterocycles. The highest BCUT2D eigenvalue weighted by Crippen LogP contribution is 2.24. The van der Waals surface area contributed by atoms with E-state index in [0.29, 0.717) is 5.69 Å². The lowest BCUT2D eigenvalue weighted by Gasteiger charge is -2.17. The molecule has 0 radical (unpaired) electrons. The minimum absolute atomic E-state index is 0.0110. The van der Waals surface area contributed by atoms with Crippen LogP contribution in [-0.2, 0) is 14.3 Å². The predicted octanol–water partition coefficient (Wildman–Crippen LogP) is 2.80. The van der Waals surface area contributed by atoms with Crippen LogP contribution in [0.5, 0.6) is 0 Å². The fraction of sp³-hybridized carbons (Fsp3) is 0.211. The fourth-order valence-electron chi connectivity index (χ4n) is 2.18. The number of carbonyl (C=O) groups is 3. The molecular formula is C19H19FN2O4S. The first kappa shape index (κ1) is 20.4. The van der Waals surface area contributed by atoms with E-state index in [1.165, 1.54) is 37.0 Å². The van der Waals surface area contributed by atoms with Gasteiger partial charge in [0.25, 0.3) is 5.91 Å². The van der Waals surface area contributed by atoms with E-state index in [-0.39, 0.29) is 18.0 Å². The second-order valence-electron chi connectivity index (χ2n) is 5.58. The number of hydrogen-bond donors (Lipinski definition) is 1. The van der Waals surface area contributed by atoms with Crippen molar-refractivity contribution in [2.24, 2.45) is 0 Å². The van der Waals surface area contributed by atoms with Gasteiger partial charge in [0.15, 0.2) is 6.61 Å². The van der Waals surface area contributed by atoms with Gasteiger partial charge in [-0.15, -0.1) is 11.8 Å². The first-order chi connectivity index (χ1) is 12.9. The van der Waals surface area contributed by atoms with Crippen LogP contribution >= 0.6 is 11.8 Å². The highest BCUT2D eigenvalue weighted by atomic mass is 32.2. The van der Waals surface area contributed by atoms with E-state index in [4.69, 9.17) is 4.74 Å². The Morgan fingerprint density at radius 2 is 1.89 bits per heavy atom. The lowest BCUT2D eigenvalue weighted by Crippen LogP contribution is -2.37. The number of hydrogen-bond acceptors (Lipinski definition) is 5. The van der Waals surface area contributed by atoms with Gasteiger partial charge >= 0.3 is 5.97 Å². The Hall–Kier alpha value is -2.87. The summed E-state index contributed by atoms with van der Waals surface area (Å²) >= 11 is 1.49. The Kier molecular flexibility index (Phi) is 7.36. The van der Waals surface area contributed by atoms with Gasteiger partial charge in [-0.05, 0) is 36.6 Å². The average Bonchev–Trinajstić information content (AvgIpc) is 2.66. The van der Waals surface area contributed by atoms with Crippen LogP contribution in [0.4, 0.5) is 10.1 Å². The van der Waals surface area contributed by atoms with E-state index in [1.54, 1.807) is 12.1 Å². The molecule has 2 amide bonds. The minimum atomic E-state index is -0.811. The van der Waals surface area contributed by atoms with Crippen molar-refractivity contribution in [3.8, 4) is 0 Å². The third-order valence-electron chi connectivity index (χ3n) is 3.57. The topological polar surface area (TPSA) is 75.7 Å². The number of anilines is 1. The zero-order valence-corrected chi connectivity index (χ0v) is 15.7. The second-order valence-corrected chi connectivity index (χ2v) is 6.43. The third-order valence-corrected chi connectivity index (χ3v) is 4.37. The molecule has 0 atom stereocenters. The maximum Gasteiger partial charge on any atom is 0.338 e. The second kappa shape index (κ2) is 9.72. The van der Waals surface area contributed by atoms with Gasteiger partial charge in [0, 0.05) is 11.9 Å². The van der Waals surface area contributed by atoms with Crippen molar-refractivity contribution in [3.63, 3.8) is 0 Å². The Labute approximate surface area is 160 Å². The van der Waals surface area contributed by atoms with Crippen LogP contribution in [0.2, 0.25) is 0 Å². The number of rotatable bonds is 7. The van der Waals surface area contributed by atoms with Crippen LogP contribution in [-0.4, -0.2) is 49.1 Å². The number of halogens is 1. The van der Waals surface area contributed by atoms with Crippen molar-refractivity contribution < 1.29 is 23.5 Å². The molecule has 142 valence electrons. The van der Waals surface area contributed by atoms with Crippen LogP contribution < -0.4 is 5.32 Å². The minimum Gasteiger partial charge on any atom is -0.452 e. The predicted molar refractivity (Wildman–Crippen MR) is 101 cm³/mol. The Bertz CT molecular complexity index is 844. The van der Waals surface area contributed by atoms with Gasteiger partial charge in [0.2, 0.25) is 5.91 Å². The molecule has 0 unspecified atom stereocenters. The number of nitrogens with one attached hydrogen (secondary N) is 1. The molecular weight excluding hydrogens is 371 g/mol. The van der Waals surface area contributed by atoms with Gasteiger partial charge in [-0.25, -0.2) is 9.18 Å². The lowest BCUT2D eigenvalue weighted by atomic mass is 10.2. The molecule has 0 aliphatic rings. The van der Waals surface area contributed by atoms with Gasteiger partial charge in [-0.1, -0.05) is 18.2 Å². The van der Waals surface area contributed by atoms with Crippen LogP contribution in [0, 0.1) is 5.82 Å². The van der Waals surface area contributed by atoms with Gasteiger partial charge in [-0.3, -0.25) is 9.59 Å². The molecule has 0 fully saturated rings. The van der Waals surface area contributed by atoms with Crippen molar-refractivity contribution in [1.82, 2.24) is 4.90 Å². The normalized spacial score (nSPS) is 10.2. The number of likely N-dealkylation sites (N-methyl/N-ethyl adjacent to an activating group) is 1. The first-order valence-electron chi connectivity index (χ1n) is 8.00. The smallest absolute Gasteiger partial charge is 0.338 e. The number of carbonyl (C=O) groups excluding carboxylic acids is 3. The van der Waals surface area contributed by atoms with Crippen LogP contribution in [0.15, 0.2) is 53.4 Å². The summed E-state index contributed by atoms with van der Waals surface area (Å²) in [5, 5.41) is 2.74. The summed E-state index contributed by atoms with van der Waals surface area (Å²) in [6.07, 6.45) is 1.90. The molecule has 2 aromatic rings. The van der Waals surface area contributed by atoms with E-state index >= 15 is 0 Å². The van der Waals surface area contributed by atoms with Crippen molar-refractivity contribution in [3.05, 3.63) is 59.9 Å². The highest BCUT2D eigenvalue weighted by molar-refractivity contribution is 7.98. The fourth-order valence-corrected chi connectivity index (χ4v) is 2.73. The van der Waals surface area contributed by atoms with Crippen LogP contribution in [0.25, 0.3) is 0 Å². The standard InChI is InChI=1S/C19H19FN2O4S/c1-22(11-17(23)21-15-8-3-4-9-16(15)27-2)18(24)12-26-19(25)13-6-5-7-14(20)10-13/h3-10H,11-12H2,1-2H3,(H,21,23). The molecule has 0 spiro atoms. The number of nitrogens with zero attached hydrogens (tertiary/aromatic N) is 1. The van der Waals surface area contributed by atoms with E-state index in [0.717, 1.165) is 15.9 Å². The Morgan fingerprint density at radius 1 is 1.15 bits per heavy atom. The Balaban J connectivity index is 1.84.